The second kappa shape index (κ2) is 4.79. The number of nitrogens with zero attached hydrogens (tertiary/aromatic N) is 2. The predicted octanol–water partition coefficient (Wildman–Crippen LogP) is 1.65. The van der Waals surface area contributed by atoms with Crippen molar-refractivity contribution in [2.75, 3.05) is 11.9 Å². The summed E-state index contributed by atoms with van der Waals surface area (Å²) in [5.74, 6) is 0.952. The highest BCUT2D eigenvalue weighted by Crippen LogP contribution is 2.22. The summed E-state index contributed by atoms with van der Waals surface area (Å²) in [4.78, 5) is 12.3. The molecule has 0 aromatic carbocycles. The molecule has 5 nitrogen and oxygen atoms in total. The van der Waals surface area contributed by atoms with Crippen LogP contribution >= 0.6 is 0 Å². The Morgan fingerprint density at radius 2 is 2.16 bits per heavy atom. The number of aromatic nitrogens is 2. The first-order valence-corrected chi connectivity index (χ1v) is 6.78. The molecule has 1 aliphatic heterocycles. The fourth-order valence-electron chi connectivity index (χ4n) is 2.23. The molecule has 0 radical (unpaired) electrons. The summed E-state index contributed by atoms with van der Waals surface area (Å²) in [5.41, 5.74) is 1.81. The lowest BCUT2D eigenvalue weighted by Gasteiger charge is -2.23. The minimum absolute atomic E-state index is 0.00153. The zero-order valence-electron chi connectivity index (χ0n) is 12.3. The second-order valence-electron chi connectivity index (χ2n) is 6.14. The van der Waals surface area contributed by atoms with Gasteiger partial charge in [0, 0.05) is 37.8 Å². The number of hydrogen-bond donors (Lipinski definition) is 2. The van der Waals surface area contributed by atoms with Gasteiger partial charge < -0.3 is 10.6 Å². The average molecular weight is 264 g/mol. The van der Waals surface area contributed by atoms with E-state index in [9.17, 15) is 4.79 Å². The van der Waals surface area contributed by atoms with Gasteiger partial charge in [0.05, 0.1) is 5.56 Å². The molecule has 0 unspecified atom stereocenters. The third kappa shape index (κ3) is 2.55. The number of hydrogen-bond acceptors (Lipinski definition) is 3. The van der Waals surface area contributed by atoms with Crippen molar-refractivity contribution >= 4 is 5.82 Å². The van der Waals surface area contributed by atoms with Crippen LogP contribution < -0.4 is 16.2 Å². The molecule has 2 N–H and O–H groups in total. The molecule has 0 fully saturated rings. The molecule has 0 saturated heterocycles. The van der Waals surface area contributed by atoms with Crippen LogP contribution in [0.15, 0.2) is 17.1 Å². The number of rotatable bonds is 3. The lowest BCUT2D eigenvalue weighted by molar-refractivity contribution is 0.461. The monoisotopic (exact) mass is 264 g/mol. The maximum absolute atomic E-state index is 12.3. The summed E-state index contributed by atoms with van der Waals surface area (Å²) < 4.78 is 3.71. The van der Waals surface area contributed by atoms with Crippen LogP contribution in [0, 0.1) is 5.41 Å². The molecule has 0 saturated carbocycles. The first kappa shape index (κ1) is 13.8. The molecule has 2 heterocycles. The summed E-state index contributed by atoms with van der Waals surface area (Å²) in [6.45, 7) is 12.7. The van der Waals surface area contributed by atoms with Crippen LogP contribution in [0.1, 0.15) is 32.8 Å². The molecule has 0 atom stereocenters. The van der Waals surface area contributed by atoms with E-state index >= 15 is 0 Å². The number of fused-ring (bicyclic) bond motifs is 1. The number of anilines is 1. The molecule has 0 amide bonds. The van der Waals surface area contributed by atoms with Crippen LogP contribution in [0.5, 0.6) is 0 Å². The highest BCUT2D eigenvalue weighted by molar-refractivity contribution is 5.45. The molecular weight excluding hydrogens is 240 g/mol. The molecular formula is C14H24N4O. The Labute approximate surface area is 114 Å². The lowest BCUT2D eigenvalue weighted by Crippen LogP contribution is -2.26. The maximum atomic E-state index is 12.3. The Morgan fingerprint density at radius 3 is 2.79 bits per heavy atom. The van der Waals surface area contributed by atoms with Crippen LogP contribution in [0.2, 0.25) is 0 Å². The molecule has 106 valence electrons. The highest BCUT2D eigenvalue weighted by atomic mass is 16.1. The minimum Gasteiger partial charge on any atom is -0.384 e. The van der Waals surface area contributed by atoms with Gasteiger partial charge in [-0.3, -0.25) is 14.2 Å². The van der Waals surface area contributed by atoms with Gasteiger partial charge in [-0.05, 0) is 6.42 Å². The highest BCUT2D eigenvalue weighted by Gasteiger charge is 2.21. The fourth-order valence-corrected chi connectivity index (χ4v) is 2.23. The van der Waals surface area contributed by atoms with E-state index in [2.05, 4.69) is 38.0 Å². The molecule has 0 aliphatic carbocycles. The van der Waals surface area contributed by atoms with Crippen molar-refractivity contribution in [3.05, 3.63) is 28.2 Å². The van der Waals surface area contributed by atoms with Gasteiger partial charge in [0.1, 0.15) is 5.82 Å². The molecule has 0 spiro atoms. The third-order valence-corrected chi connectivity index (χ3v) is 3.68. The van der Waals surface area contributed by atoms with Crippen molar-refractivity contribution in [2.45, 2.75) is 40.3 Å². The zero-order valence-corrected chi connectivity index (χ0v) is 12.3. The molecule has 1 aromatic rings. The first-order valence-electron chi connectivity index (χ1n) is 6.78. The van der Waals surface area contributed by atoms with E-state index in [0.29, 0.717) is 6.54 Å². The van der Waals surface area contributed by atoms with Crippen molar-refractivity contribution in [2.24, 2.45) is 12.5 Å². The Morgan fingerprint density at radius 1 is 1.47 bits per heavy atom. The molecule has 2 rings (SSSR count). The van der Waals surface area contributed by atoms with Crippen molar-refractivity contribution in [3.8, 4) is 0 Å². The van der Waals surface area contributed by atoms with E-state index in [1.165, 1.54) is 0 Å². The van der Waals surface area contributed by atoms with Gasteiger partial charge in [0.25, 0.3) is 5.56 Å². The Balaban J connectivity index is 2.22. The van der Waals surface area contributed by atoms with E-state index in [4.69, 9.17) is 0 Å². The summed E-state index contributed by atoms with van der Waals surface area (Å²) in [6.07, 6.45) is 1.05. The van der Waals surface area contributed by atoms with E-state index in [1.807, 2.05) is 11.7 Å². The smallest absolute Gasteiger partial charge is 0.273 e. The second-order valence-corrected chi connectivity index (χ2v) is 6.14. The van der Waals surface area contributed by atoms with Gasteiger partial charge in [0.15, 0.2) is 0 Å². The summed E-state index contributed by atoms with van der Waals surface area (Å²) in [6, 6.07) is 0. The minimum atomic E-state index is -0.00153. The van der Waals surface area contributed by atoms with Gasteiger partial charge in [0.2, 0.25) is 0 Å². The van der Waals surface area contributed by atoms with Gasteiger partial charge >= 0.3 is 0 Å². The normalized spacial score (nSPS) is 14.7. The zero-order chi connectivity index (χ0) is 14.2. The van der Waals surface area contributed by atoms with Gasteiger partial charge in [-0.1, -0.05) is 27.4 Å². The molecule has 1 aliphatic rings. The quantitative estimate of drug-likeness (QED) is 0.873. The van der Waals surface area contributed by atoms with Crippen LogP contribution in [0.3, 0.4) is 0 Å². The maximum Gasteiger partial charge on any atom is 0.273 e. The summed E-state index contributed by atoms with van der Waals surface area (Å²) >= 11 is 0. The Kier molecular flexibility index (Phi) is 3.47. The summed E-state index contributed by atoms with van der Waals surface area (Å²) in [5, 5.41) is 6.61. The standard InChI is InChI=1S/C14H24N4O/c1-10(14(2,3)4)16-9-11-12-15-7-6-8-18(12)17(5)13(11)19/h15-16H,1,6-9H2,2-5H3. The van der Waals surface area contributed by atoms with Crippen LogP contribution in [0.25, 0.3) is 0 Å². The molecule has 19 heavy (non-hydrogen) atoms. The third-order valence-electron chi connectivity index (χ3n) is 3.68. The number of allylic oxidation sites excluding steroid dienone is 1. The van der Waals surface area contributed by atoms with E-state index < -0.39 is 0 Å². The van der Waals surface area contributed by atoms with E-state index in [0.717, 1.165) is 36.6 Å². The van der Waals surface area contributed by atoms with Crippen molar-refractivity contribution in [3.63, 3.8) is 0 Å². The SMILES string of the molecule is C=C(NCc1c2n(n(C)c1=O)CCCN2)C(C)(C)C. The van der Waals surface area contributed by atoms with Crippen LogP contribution in [-0.2, 0) is 20.1 Å². The topological polar surface area (TPSA) is 51.0 Å². The lowest BCUT2D eigenvalue weighted by atomic mass is 9.93. The fraction of sp³-hybridized carbons (Fsp3) is 0.643. The van der Waals surface area contributed by atoms with E-state index in [-0.39, 0.29) is 11.0 Å². The molecule has 0 bridgehead atoms. The largest absolute Gasteiger partial charge is 0.384 e. The Hall–Kier alpha value is -1.65. The molecule has 5 heteroatoms. The van der Waals surface area contributed by atoms with Gasteiger partial charge in [-0.25, -0.2) is 0 Å². The van der Waals surface area contributed by atoms with Crippen molar-refractivity contribution in [1.82, 2.24) is 14.7 Å². The summed E-state index contributed by atoms with van der Waals surface area (Å²) in [7, 11) is 1.82. The average Bonchev–Trinajstić information content (AvgIpc) is 2.59. The Bertz CT molecular complexity index is 545. The van der Waals surface area contributed by atoms with Crippen molar-refractivity contribution in [1.29, 1.82) is 0 Å². The number of nitrogens with one attached hydrogen (secondary N) is 2. The van der Waals surface area contributed by atoms with Gasteiger partial charge in [-0.15, -0.1) is 0 Å². The van der Waals surface area contributed by atoms with E-state index in [1.54, 1.807) is 4.68 Å². The van der Waals surface area contributed by atoms with Crippen molar-refractivity contribution < 1.29 is 0 Å². The van der Waals surface area contributed by atoms with Gasteiger partial charge in [-0.2, -0.15) is 0 Å². The predicted molar refractivity (Wildman–Crippen MR) is 78.2 cm³/mol. The van der Waals surface area contributed by atoms with Crippen LogP contribution in [-0.4, -0.2) is 15.9 Å². The first-order chi connectivity index (χ1) is 8.82. The molecule has 1 aromatic heterocycles. The van der Waals surface area contributed by atoms with Crippen LogP contribution in [0.4, 0.5) is 5.82 Å².